The highest BCUT2D eigenvalue weighted by Crippen LogP contribution is 2.31. The monoisotopic (exact) mass is 447 g/mol. The summed E-state index contributed by atoms with van der Waals surface area (Å²) >= 11 is 0. The summed E-state index contributed by atoms with van der Waals surface area (Å²) in [5, 5.41) is 5.55. The van der Waals surface area contributed by atoms with Gasteiger partial charge in [-0.1, -0.05) is 49.6 Å². The molecule has 1 fully saturated rings. The van der Waals surface area contributed by atoms with Crippen LogP contribution in [0.2, 0.25) is 0 Å². The van der Waals surface area contributed by atoms with E-state index >= 15 is 0 Å². The lowest BCUT2D eigenvalue weighted by Crippen LogP contribution is -2.40. The van der Waals surface area contributed by atoms with Gasteiger partial charge in [0.1, 0.15) is 0 Å². The Labute approximate surface area is 193 Å². The van der Waals surface area contributed by atoms with Crippen LogP contribution in [0.1, 0.15) is 75.2 Å². The molecule has 1 saturated carbocycles. The molecule has 7 nitrogen and oxygen atoms in total. The molecule has 0 radical (unpaired) electrons. The molecule has 7 heteroatoms. The summed E-state index contributed by atoms with van der Waals surface area (Å²) in [4.78, 5) is 51.6. The molecule has 0 saturated heterocycles. The number of imide groups is 1. The Bertz CT molecular complexity index is 1040. The topological polar surface area (TPSA) is 95.6 Å². The molecule has 1 aliphatic carbocycles. The van der Waals surface area contributed by atoms with Crippen molar-refractivity contribution in [3.05, 3.63) is 70.8 Å². The zero-order valence-electron chi connectivity index (χ0n) is 18.6. The molecule has 0 atom stereocenters. The predicted octanol–water partition coefficient (Wildman–Crippen LogP) is 3.09. The number of benzene rings is 2. The van der Waals surface area contributed by atoms with E-state index in [0.29, 0.717) is 36.1 Å². The Morgan fingerprint density at radius 1 is 0.848 bits per heavy atom. The Morgan fingerprint density at radius 2 is 1.55 bits per heavy atom. The van der Waals surface area contributed by atoms with E-state index in [1.165, 1.54) is 11.0 Å². The lowest BCUT2D eigenvalue weighted by atomic mass is 9.94. The van der Waals surface area contributed by atoms with Crippen LogP contribution in [0.15, 0.2) is 48.5 Å². The van der Waals surface area contributed by atoms with Gasteiger partial charge in [-0.2, -0.15) is 0 Å². The molecule has 2 aliphatic rings. The zero-order chi connectivity index (χ0) is 23.2. The first-order chi connectivity index (χ1) is 16.0. The first-order valence-corrected chi connectivity index (χ1v) is 11.7. The van der Waals surface area contributed by atoms with Crippen LogP contribution in [0, 0.1) is 0 Å². The van der Waals surface area contributed by atoms with Gasteiger partial charge in [0.2, 0.25) is 5.91 Å². The van der Waals surface area contributed by atoms with Gasteiger partial charge in [-0.05, 0) is 43.0 Å². The largest absolute Gasteiger partial charge is 0.354 e. The molecule has 2 aromatic rings. The minimum Gasteiger partial charge on any atom is -0.354 e. The second-order valence-corrected chi connectivity index (χ2v) is 8.62. The van der Waals surface area contributed by atoms with Gasteiger partial charge in [0.05, 0.1) is 11.1 Å². The van der Waals surface area contributed by atoms with Crippen molar-refractivity contribution in [1.82, 2.24) is 15.5 Å². The van der Waals surface area contributed by atoms with E-state index in [9.17, 15) is 19.2 Å². The summed E-state index contributed by atoms with van der Waals surface area (Å²) < 4.78 is 0. The summed E-state index contributed by atoms with van der Waals surface area (Å²) in [6.45, 7) is 0.589. The molecule has 2 N–H and O–H groups in total. The minimum atomic E-state index is -0.340. The van der Waals surface area contributed by atoms with Gasteiger partial charge in [0, 0.05) is 31.1 Å². The molecule has 33 heavy (non-hydrogen) atoms. The van der Waals surface area contributed by atoms with Crippen molar-refractivity contribution in [3.8, 4) is 0 Å². The molecule has 1 heterocycles. The van der Waals surface area contributed by atoms with Crippen molar-refractivity contribution < 1.29 is 19.2 Å². The van der Waals surface area contributed by atoms with Crippen molar-refractivity contribution >= 4 is 23.6 Å². The van der Waals surface area contributed by atoms with Crippen molar-refractivity contribution in [1.29, 1.82) is 0 Å². The first kappa shape index (κ1) is 22.7. The molecule has 1 aliphatic heterocycles. The molecule has 0 bridgehead atoms. The minimum absolute atomic E-state index is 0.0473. The van der Waals surface area contributed by atoms with Crippen molar-refractivity contribution in [2.45, 2.75) is 51.0 Å². The third-order valence-electron chi connectivity index (χ3n) is 6.34. The zero-order valence-corrected chi connectivity index (χ0v) is 18.6. The number of carbonyl (C=O) groups is 4. The van der Waals surface area contributed by atoms with Gasteiger partial charge < -0.3 is 10.6 Å². The maximum Gasteiger partial charge on any atom is 0.261 e. The SMILES string of the molecule is O=C(CCc1ccccc1)NCCNC(=O)c1ccc2c(c1)C(=O)N(C1CCCCC1)C2=O. The summed E-state index contributed by atoms with van der Waals surface area (Å²) in [6.07, 6.45) is 5.92. The number of nitrogens with zero attached hydrogens (tertiary/aromatic N) is 1. The maximum atomic E-state index is 12.9. The van der Waals surface area contributed by atoms with E-state index in [1.54, 1.807) is 12.1 Å². The number of rotatable bonds is 8. The molecule has 2 aromatic carbocycles. The number of amides is 4. The lowest BCUT2D eigenvalue weighted by molar-refractivity contribution is -0.121. The predicted molar refractivity (Wildman–Crippen MR) is 124 cm³/mol. The fourth-order valence-corrected chi connectivity index (χ4v) is 4.54. The normalized spacial score (nSPS) is 15.9. The van der Waals surface area contributed by atoms with Crippen molar-refractivity contribution in [3.63, 3.8) is 0 Å². The van der Waals surface area contributed by atoms with Crippen LogP contribution in [-0.2, 0) is 11.2 Å². The number of nitrogens with one attached hydrogen (secondary N) is 2. The fraction of sp³-hybridized carbons (Fsp3) is 0.385. The van der Waals surface area contributed by atoms with E-state index in [4.69, 9.17) is 0 Å². The van der Waals surface area contributed by atoms with Crippen LogP contribution in [-0.4, -0.2) is 47.7 Å². The summed E-state index contributed by atoms with van der Waals surface area (Å²) in [7, 11) is 0. The quantitative estimate of drug-likeness (QED) is 0.480. The van der Waals surface area contributed by atoms with Crippen LogP contribution in [0.3, 0.4) is 0 Å². The molecule has 4 rings (SSSR count). The Balaban J connectivity index is 1.26. The summed E-state index contributed by atoms with van der Waals surface area (Å²) in [6, 6.07) is 14.4. The van der Waals surface area contributed by atoms with Gasteiger partial charge in [-0.25, -0.2) is 0 Å². The molecular formula is C26H29N3O4. The number of fused-ring (bicyclic) bond motifs is 1. The average Bonchev–Trinajstić information content (AvgIpc) is 3.10. The molecular weight excluding hydrogens is 418 g/mol. The maximum absolute atomic E-state index is 12.9. The molecule has 4 amide bonds. The molecule has 0 spiro atoms. The van der Waals surface area contributed by atoms with Gasteiger partial charge in [-0.3, -0.25) is 24.1 Å². The second-order valence-electron chi connectivity index (χ2n) is 8.62. The van der Waals surface area contributed by atoms with Gasteiger partial charge >= 0.3 is 0 Å². The van der Waals surface area contributed by atoms with Gasteiger partial charge in [0.15, 0.2) is 0 Å². The van der Waals surface area contributed by atoms with Crippen LogP contribution < -0.4 is 10.6 Å². The number of hydrogen-bond acceptors (Lipinski definition) is 4. The first-order valence-electron chi connectivity index (χ1n) is 11.7. The Morgan fingerprint density at radius 3 is 2.30 bits per heavy atom. The Kier molecular flexibility index (Phi) is 7.17. The smallest absolute Gasteiger partial charge is 0.261 e. The van der Waals surface area contributed by atoms with E-state index in [2.05, 4.69) is 10.6 Å². The molecule has 0 aromatic heterocycles. The highest BCUT2D eigenvalue weighted by Gasteiger charge is 2.40. The van der Waals surface area contributed by atoms with Crippen LogP contribution in [0.5, 0.6) is 0 Å². The van der Waals surface area contributed by atoms with Crippen LogP contribution in [0.25, 0.3) is 0 Å². The standard InChI is InChI=1S/C26H29N3O4/c30-23(14-11-18-7-3-1-4-8-18)27-15-16-28-24(31)19-12-13-21-22(17-19)26(33)29(25(21)32)20-9-5-2-6-10-20/h1,3-4,7-8,12-13,17,20H,2,5-6,9-11,14-16H2,(H,27,30)(H,28,31). The molecule has 0 unspecified atom stereocenters. The van der Waals surface area contributed by atoms with Gasteiger partial charge in [-0.15, -0.1) is 0 Å². The van der Waals surface area contributed by atoms with Crippen LogP contribution in [0.4, 0.5) is 0 Å². The number of hydrogen-bond donors (Lipinski definition) is 2. The van der Waals surface area contributed by atoms with E-state index in [1.807, 2.05) is 30.3 Å². The summed E-state index contributed by atoms with van der Waals surface area (Å²) in [5.41, 5.74) is 2.10. The molecule has 172 valence electrons. The Hall–Kier alpha value is -3.48. The average molecular weight is 448 g/mol. The van der Waals surface area contributed by atoms with Crippen LogP contribution >= 0.6 is 0 Å². The van der Waals surface area contributed by atoms with Gasteiger partial charge in [0.25, 0.3) is 17.7 Å². The lowest BCUT2D eigenvalue weighted by Gasteiger charge is -2.29. The second kappa shape index (κ2) is 10.4. The third kappa shape index (κ3) is 5.30. The highest BCUT2D eigenvalue weighted by molar-refractivity contribution is 6.22. The number of aryl methyl sites for hydroxylation is 1. The fourth-order valence-electron chi connectivity index (χ4n) is 4.54. The number of carbonyl (C=O) groups excluding carboxylic acids is 4. The van der Waals surface area contributed by atoms with E-state index < -0.39 is 0 Å². The van der Waals surface area contributed by atoms with Crippen molar-refractivity contribution in [2.75, 3.05) is 13.1 Å². The van der Waals surface area contributed by atoms with E-state index in [-0.39, 0.29) is 36.2 Å². The third-order valence-corrected chi connectivity index (χ3v) is 6.34. The highest BCUT2D eigenvalue weighted by atomic mass is 16.2. The van der Waals surface area contributed by atoms with Crippen molar-refractivity contribution in [2.24, 2.45) is 0 Å². The summed E-state index contributed by atoms with van der Waals surface area (Å²) in [5.74, 6) is -0.973. The van der Waals surface area contributed by atoms with E-state index in [0.717, 1.165) is 37.7 Å².